The quantitative estimate of drug-likeness (QED) is 0.604. The van der Waals surface area contributed by atoms with E-state index in [0.717, 1.165) is 5.57 Å². The number of hydrogen-bond acceptors (Lipinski definition) is 2. The van der Waals surface area contributed by atoms with Crippen molar-refractivity contribution in [3.63, 3.8) is 0 Å². The molecule has 0 aromatic rings. The van der Waals surface area contributed by atoms with E-state index in [1.807, 2.05) is 13.0 Å². The third kappa shape index (κ3) is 1.54. The van der Waals surface area contributed by atoms with Crippen LogP contribution < -0.4 is 0 Å². The largest absolute Gasteiger partial charge is 0.481 e. The van der Waals surface area contributed by atoms with E-state index in [2.05, 4.69) is 0 Å². The highest BCUT2D eigenvalue weighted by atomic mass is 32.1. The van der Waals surface area contributed by atoms with Gasteiger partial charge in [0.15, 0.2) is 0 Å². The van der Waals surface area contributed by atoms with Crippen molar-refractivity contribution in [3.8, 4) is 0 Å². The zero-order valence-electron chi connectivity index (χ0n) is 6.07. The number of thiocarbonyl (C=S) groups is 1. The van der Waals surface area contributed by atoms with Crippen LogP contribution in [0.5, 0.6) is 0 Å². The zero-order valence-corrected chi connectivity index (χ0v) is 6.89. The van der Waals surface area contributed by atoms with Crippen molar-refractivity contribution < 1.29 is 9.90 Å². The van der Waals surface area contributed by atoms with E-state index in [1.54, 1.807) is 12.2 Å². The van der Waals surface area contributed by atoms with Gasteiger partial charge in [0, 0.05) is 4.86 Å². The first kappa shape index (κ1) is 8.14. The number of carboxylic acid groups (broad SMARTS) is 1. The lowest BCUT2D eigenvalue weighted by Crippen LogP contribution is -2.22. The maximum Gasteiger partial charge on any atom is 0.315 e. The van der Waals surface area contributed by atoms with Crippen molar-refractivity contribution in [3.05, 3.63) is 23.8 Å². The molecule has 1 N–H and O–H groups in total. The molecule has 11 heavy (non-hydrogen) atoms. The highest BCUT2D eigenvalue weighted by Crippen LogP contribution is 2.15. The summed E-state index contributed by atoms with van der Waals surface area (Å²) in [6.45, 7) is 1.82. The summed E-state index contributed by atoms with van der Waals surface area (Å²) in [5.74, 6) is -1.48. The van der Waals surface area contributed by atoms with Crippen LogP contribution in [0.1, 0.15) is 6.92 Å². The summed E-state index contributed by atoms with van der Waals surface area (Å²) in [5.41, 5.74) is 0.870. The molecule has 0 saturated carbocycles. The number of carboxylic acids is 1. The monoisotopic (exact) mass is 168 g/mol. The first-order valence-electron chi connectivity index (χ1n) is 3.25. The van der Waals surface area contributed by atoms with E-state index in [9.17, 15) is 4.79 Å². The second kappa shape index (κ2) is 2.96. The summed E-state index contributed by atoms with van der Waals surface area (Å²) in [6.07, 6.45) is 5.14. The zero-order chi connectivity index (χ0) is 8.43. The molecule has 58 valence electrons. The number of allylic oxidation sites excluding steroid dienone is 3. The Morgan fingerprint density at radius 3 is 2.82 bits per heavy atom. The van der Waals surface area contributed by atoms with Gasteiger partial charge >= 0.3 is 5.97 Å². The van der Waals surface area contributed by atoms with Gasteiger partial charge in [-0.1, -0.05) is 30.4 Å². The average Bonchev–Trinajstić information content (AvgIpc) is 1.94. The van der Waals surface area contributed by atoms with Crippen LogP contribution in [0.4, 0.5) is 0 Å². The third-order valence-electron chi connectivity index (χ3n) is 1.59. The fourth-order valence-electron chi connectivity index (χ4n) is 0.920. The first-order valence-corrected chi connectivity index (χ1v) is 3.66. The number of carbonyl (C=O) groups is 1. The van der Waals surface area contributed by atoms with E-state index in [4.69, 9.17) is 17.3 Å². The standard InChI is InChI=1S/C8H8O2S/c1-5-3-2-4-6(7(5)11)8(9)10/h2-4,6H,1H3,(H,9,10). The molecule has 0 aromatic heterocycles. The van der Waals surface area contributed by atoms with Crippen molar-refractivity contribution in [2.24, 2.45) is 5.92 Å². The van der Waals surface area contributed by atoms with E-state index in [0.29, 0.717) is 4.86 Å². The molecule has 0 aliphatic heterocycles. The third-order valence-corrected chi connectivity index (χ3v) is 2.16. The molecule has 0 spiro atoms. The molecule has 0 bridgehead atoms. The summed E-state index contributed by atoms with van der Waals surface area (Å²) in [6, 6.07) is 0. The Morgan fingerprint density at radius 2 is 2.36 bits per heavy atom. The molecule has 0 amide bonds. The van der Waals surface area contributed by atoms with Gasteiger partial charge in [0.05, 0.1) is 0 Å². The van der Waals surface area contributed by atoms with Crippen LogP contribution in [0.3, 0.4) is 0 Å². The van der Waals surface area contributed by atoms with E-state index in [1.165, 1.54) is 0 Å². The molecule has 1 unspecified atom stereocenters. The molecule has 0 fully saturated rings. The van der Waals surface area contributed by atoms with Gasteiger partial charge in [-0.15, -0.1) is 0 Å². The predicted molar refractivity (Wildman–Crippen MR) is 46.6 cm³/mol. The summed E-state index contributed by atoms with van der Waals surface area (Å²) in [7, 11) is 0. The maximum atomic E-state index is 10.5. The van der Waals surface area contributed by atoms with Crippen LogP contribution in [0.25, 0.3) is 0 Å². The van der Waals surface area contributed by atoms with Crippen LogP contribution in [0, 0.1) is 5.92 Å². The summed E-state index contributed by atoms with van der Waals surface area (Å²) >= 11 is 4.93. The molecular weight excluding hydrogens is 160 g/mol. The van der Waals surface area contributed by atoms with Gasteiger partial charge in [-0.05, 0) is 12.5 Å². The smallest absolute Gasteiger partial charge is 0.315 e. The topological polar surface area (TPSA) is 37.3 Å². The molecule has 1 aliphatic rings. The van der Waals surface area contributed by atoms with E-state index >= 15 is 0 Å². The Balaban J connectivity index is 2.90. The summed E-state index contributed by atoms with van der Waals surface area (Å²) < 4.78 is 0. The predicted octanol–water partition coefficient (Wildman–Crippen LogP) is 1.57. The van der Waals surface area contributed by atoms with Crippen LogP contribution in [0.15, 0.2) is 23.8 Å². The van der Waals surface area contributed by atoms with E-state index in [-0.39, 0.29) is 0 Å². The molecule has 1 rings (SSSR count). The lowest BCUT2D eigenvalue weighted by atomic mass is 9.95. The number of aliphatic carboxylic acids is 1. The molecule has 1 atom stereocenters. The molecule has 3 heteroatoms. The van der Waals surface area contributed by atoms with Crippen molar-refractivity contribution >= 4 is 23.1 Å². The Kier molecular flexibility index (Phi) is 2.19. The van der Waals surface area contributed by atoms with Gasteiger partial charge < -0.3 is 5.11 Å². The van der Waals surface area contributed by atoms with Gasteiger partial charge in [-0.3, -0.25) is 4.79 Å². The number of rotatable bonds is 1. The van der Waals surface area contributed by atoms with Crippen molar-refractivity contribution in [1.82, 2.24) is 0 Å². The van der Waals surface area contributed by atoms with E-state index < -0.39 is 11.9 Å². The normalized spacial score (nSPS) is 23.2. The Labute approximate surface area is 70.2 Å². The molecule has 0 heterocycles. The van der Waals surface area contributed by atoms with Gasteiger partial charge in [0.25, 0.3) is 0 Å². The van der Waals surface area contributed by atoms with Crippen LogP contribution in [0.2, 0.25) is 0 Å². The highest BCUT2D eigenvalue weighted by molar-refractivity contribution is 7.81. The SMILES string of the molecule is CC1=CC=CC(C(=O)O)C1=S. The summed E-state index contributed by atoms with van der Waals surface area (Å²) in [5, 5.41) is 8.66. The van der Waals surface area contributed by atoms with Crippen LogP contribution in [-0.2, 0) is 4.79 Å². The molecule has 0 aromatic carbocycles. The van der Waals surface area contributed by atoms with Crippen molar-refractivity contribution in [1.29, 1.82) is 0 Å². The van der Waals surface area contributed by atoms with Crippen molar-refractivity contribution in [2.75, 3.05) is 0 Å². The maximum absolute atomic E-state index is 10.5. The molecule has 0 saturated heterocycles. The fourth-order valence-corrected chi connectivity index (χ4v) is 1.17. The fraction of sp³-hybridized carbons (Fsp3) is 0.250. The Hall–Kier alpha value is -0.960. The van der Waals surface area contributed by atoms with Crippen molar-refractivity contribution in [2.45, 2.75) is 6.92 Å². The Bertz CT molecular complexity index is 263. The van der Waals surface area contributed by atoms with Gasteiger partial charge in [-0.2, -0.15) is 0 Å². The Morgan fingerprint density at radius 1 is 1.73 bits per heavy atom. The molecule has 1 aliphatic carbocycles. The lowest BCUT2D eigenvalue weighted by Gasteiger charge is -2.12. The molecule has 0 radical (unpaired) electrons. The minimum atomic E-state index is -0.876. The highest BCUT2D eigenvalue weighted by Gasteiger charge is 2.21. The molecular formula is C8H8O2S. The minimum Gasteiger partial charge on any atom is -0.481 e. The average molecular weight is 168 g/mol. The van der Waals surface area contributed by atoms with Crippen LogP contribution in [-0.4, -0.2) is 15.9 Å². The van der Waals surface area contributed by atoms with Crippen LogP contribution >= 0.6 is 12.2 Å². The first-order chi connectivity index (χ1) is 5.13. The minimum absolute atomic E-state index is 0.514. The van der Waals surface area contributed by atoms with Gasteiger partial charge in [-0.25, -0.2) is 0 Å². The summed E-state index contributed by atoms with van der Waals surface area (Å²) in [4.78, 5) is 11.1. The number of hydrogen-bond donors (Lipinski definition) is 1. The molecule has 2 nitrogen and oxygen atoms in total. The second-order valence-corrected chi connectivity index (χ2v) is 2.85. The van der Waals surface area contributed by atoms with Gasteiger partial charge in [0.1, 0.15) is 5.92 Å². The van der Waals surface area contributed by atoms with Gasteiger partial charge in [0.2, 0.25) is 0 Å². The lowest BCUT2D eigenvalue weighted by molar-refractivity contribution is -0.137. The second-order valence-electron chi connectivity index (χ2n) is 2.41.